The molecular formula is C22H34N2O2. The molecule has 0 radical (unpaired) electrons. The van der Waals surface area contributed by atoms with Crippen molar-refractivity contribution in [3.8, 4) is 0 Å². The van der Waals surface area contributed by atoms with Gasteiger partial charge in [-0.3, -0.25) is 9.59 Å². The summed E-state index contributed by atoms with van der Waals surface area (Å²) >= 11 is 0. The van der Waals surface area contributed by atoms with E-state index in [0.717, 1.165) is 37.0 Å². The molecule has 0 saturated heterocycles. The highest BCUT2D eigenvalue weighted by Gasteiger charge is 2.54. The van der Waals surface area contributed by atoms with Crippen LogP contribution in [-0.2, 0) is 9.59 Å². The van der Waals surface area contributed by atoms with Gasteiger partial charge >= 0.3 is 0 Å². The van der Waals surface area contributed by atoms with Crippen molar-refractivity contribution < 1.29 is 9.59 Å². The van der Waals surface area contributed by atoms with E-state index in [1.165, 1.54) is 57.8 Å². The average molecular weight is 359 g/mol. The van der Waals surface area contributed by atoms with Crippen molar-refractivity contribution in [1.29, 1.82) is 0 Å². The zero-order chi connectivity index (χ0) is 17.7. The van der Waals surface area contributed by atoms with E-state index in [4.69, 9.17) is 0 Å². The minimum absolute atomic E-state index is 0.0839. The van der Waals surface area contributed by atoms with E-state index in [9.17, 15) is 9.59 Å². The van der Waals surface area contributed by atoms with Crippen LogP contribution in [0.3, 0.4) is 0 Å². The Morgan fingerprint density at radius 3 is 1.92 bits per heavy atom. The molecule has 26 heavy (non-hydrogen) atoms. The van der Waals surface area contributed by atoms with Crippen molar-refractivity contribution in [2.24, 2.45) is 23.2 Å². The van der Waals surface area contributed by atoms with Crippen LogP contribution in [0.15, 0.2) is 0 Å². The fourth-order valence-electron chi connectivity index (χ4n) is 7.23. The number of amides is 2. The van der Waals surface area contributed by atoms with Crippen LogP contribution in [0.1, 0.15) is 83.5 Å². The lowest BCUT2D eigenvalue weighted by atomic mass is 9.49. The van der Waals surface area contributed by atoms with E-state index in [-0.39, 0.29) is 17.2 Å². The summed E-state index contributed by atoms with van der Waals surface area (Å²) in [5.41, 5.74) is -0.0839. The molecule has 6 fully saturated rings. The van der Waals surface area contributed by atoms with Crippen molar-refractivity contribution >= 4 is 11.8 Å². The van der Waals surface area contributed by atoms with Crippen LogP contribution >= 0.6 is 0 Å². The average Bonchev–Trinajstić information content (AvgIpc) is 3.27. The molecule has 2 amide bonds. The minimum atomic E-state index is -0.0839. The SMILES string of the molecule is O=C(CCNC(=O)C12CC3CC(CC(C3)C1)C2)N(C1CCCC1)C1CC1. The minimum Gasteiger partial charge on any atom is -0.355 e. The predicted molar refractivity (Wildman–Crippen MR) is 100 cm³/mol. The van der Waals surface area contributed by atoms with Crippen LogP contribution in [0.25, 0.3) is 0 Å². The summed E-state index contributed by atoms with van der Waals surface area (Å²) in [4.78, 5) is 28.0. The maximum Gasteiger partial charge on any atom is 0.226 e. The molecule has 4 heteroatoms. The van der Waals surface area contributed by atoms with Crippen LogP contribution in [-0.4, -0.2) is 35.3 Å². The molecule has 0 aliphatic heterocycles. The number of carbonyl (C=O) groups excluding carboxylic acids is 2. The third kappa shape index (κ3) is 3.07. The smallest absolute Gasteiger partial charge is 0.226 e. The van der Waals surface area contributed by atoms with Crippen LogP contribution in [0, 0.1) is 23.2 Å². The fourth-order valence-corrected chi connectivity index (χ4v) is 7.23. The molecule has 6 aliphatic carbocycles. The lowest BCUT2D eigenvalue weighted by Crippen LogP contribution is -2.54. The molecule has 0 spiro atoms. The van der Waals surface area contributed by atoms with E-state index in [1.54, 1.807) is 0 Å². The van der Waals surface area contributed by atoms with E-state index >= 15 is 0 Å². The summed E-state index contributed by atoms with van der Waals surface area (Å²) in [6, 6.07) is 0.985. The molecule has 6 aliphatic rings. The highest BCUT2D eigenvalue weighted by atomic mass is 16.2. The number of rotatable bonds is 6. The molecule has 0 heterocycles. The van der Waals surface area contributed by atoms with Gasteiger partial charge in [-0.1, -0.05) is 12.8 Å². The van der Waals surface area contributed by atoms with Crippen LogP contribution in [0.5, 0.6) is 0 Å². The van der Waals surface area contributed by atoms with Crippen molar-refractivity contribution in [1.82, 2.24) is 10.2 Å². The van der Waals surface area contributed by atoms with Crippen molar-refractivity contribution in [2.75, 3.05) is 6.54 Å². The molecule has 4 bridgehead atoms. The van der Waals surface area contributed by atoms with Gasteiger partial charge in [0.05, 0.1) is 0 Å². The summed E-state index contributed by atoms with van der Waals surface area (Å²) < 4.78 is 0. The van der Waals surface area contributed by atoms with Gasteiger partial charge in [0.2, 0.25) is 11.8 Å². The Kier molecular flexibility index (Phi) is 4.28. The number of hydrogen-bond acceptors (Lipinski definition) is 2. The lowest BCUT2D eigenvalue weighted by molar-refractivity contribution is -0.146. The molecule has 0 unspecified atom stereocenters. The molecule has 0 aromatic heterocycles. The molecule has 6 saturated carbocycles. The van der Waals surface area contributed by atoms with Crippen molar-refractivity contribution in [2.45, 2.75) is 95.6 Å². The second-order valence-electron chi connectivity index (χ2n) is 10.2. The second-order valence-corrected chi connectivity index (χ2v) is 10.2. The first-order valence-electron chi connectivity index (χ1n) is 11.2. The summed E-state index contributed by atoms with van der Waals surface area (Å²) in [6.45, 7) is 0.537. The maximum atomic E-state index is 13.0. The number of nitrogens with zero attached hydrogens (tertiary/aromatic N) is 1. The number of nitrogens with one attached hydrogen (secondary N) is 1. The van der Waals surface area contributed by atoms with E-state index in [1.807, 2.05) is 0 Å². The quantitative estimate of drug-likeness (QED) is 0.788. The molecule has 0 aromatic carbocycles. The second kappa shape index (κ2) is 6.53. The van der Waals surface area contributed by atoms with Crippen molar-refractivity contribution in [3.05, 3.63) is 0 Å². The standard InChI is InChI=1S/C22H34N2O2/c25-20(24(19-5-6-19)18-3-1-2-4-18)7-8-23-21(26)22-12-15-9-16(13-22)11-17(10-15)14-22/h15-19H,1-14H2,(H,23,26). The summed E-state index contributed by atoms with van der Waals surface area (Å²) in [5.74, 6) is 2.93. The van der Waals surface area contributed by atoms with Crippen LogP contribution in [0.2, 0.25) is 0 Å². The normalized spacial score (nSPS) is 38.5. The Bertz CT molecular complexity index is 541. The lowest BCUT2D eigenvalue weighted by Gasteiger charge is -2.55. The monoisotopic (exact) mass is 358 g/mol. The van der Waals surface area contributed by atoms with Gasteiger partial charge in [0.25, 0.3) is 0 Å². The Labute approximate surface area is 157 Å². The third-order valence-electron chi connectivity index (χ3n) is 8.09. The van der Waals surface area contributed by atoms with Gasteiger partial charge < -0.3 is 10.2 Å². The van der Waals surface area contributed by atoms with Gasteiger partial charge in [-0.2, -0.15) is 0 Å². The topological polar surface area (TPSA) is 49.4 Å². The first kappa shape index (κ1) is 17.1. The third-order valence-corrected chi connectivity index (χ3v) is 8.09. The number of hydrogen-bond donors (Lipinski definition) is 1. The van der Waals surface area contributed by atoms with E-state index in [2.05, 4.69) is 10.2 Å². The largest absolute Gasteiger partial charge is 0.355 e. The molecule has 6 rings (SSSR count). The van der Waals surface area contributed by atoms with Crippen LogP contribution in [0.4, 0.5) is 0 Å². The highest BCUT2D eigenvalue weighted by Crippen LogP contribution is 2.60. The molecule has 144 valence electrons. The Morgan fingerprint density at radius 2 is 1.38 bits per heavy atom. The summed E-state index contributed by atoms with van der Waals surface area (Å²) in [6.07, 6.45) is 15.2. The first-order chi connectivity index (χ1) is 12.6. The highest BCUT2D eigenvalue weighted by molar-refractivity contribution is 5.84. The van der Waals surface area contributed by atoms with E-state index < -0.39 is 0 Å². The van der Waals surface area contributed by atoms with Gasteiger partial charge in [0, 0.05) is 30.5 Å². The predicted octanol–water partition coefficient (Wildman–Crippen LogP) is 3.64. The van der Waals surface area contributed by atoms with Crippen molar-refractivity contribution in [3.63, 3.8) is 0 Å². The Balaban J connectivity index is 1.15. The first-order valence-corrected chi connectivity index (χ1v) is 11.2. The van der Waals surface area contributed by atoms with Gasteiger partial charge in [-0.05, 0) is 82.0 Å². The van der Waals surface area contributed by atoms with Gasteiger partial charge in [-0.15, -0.1) is 0 Å². The Hall–Kier alpha value is -1.06. The summed E-state index contributed by atoms with van der Waals surface area (Å²) in [7, 11) is 0. The van der Waals surface area contributed by atoms with Gasteiger partial charge in [0.15, 0.2) is 0 Å². The maximum absolute atomic E-state index is 13.0. The number of carbonyl (C=O) groups is 2. The van der Waals surface area contributed by atoms with E-state index in [0.29, 0.717) is 25.0 Å². The Morgan fingerprint density at radius 1 is 0.846 bits per heavy atom. The van der Waals surface area contributed by atoms with Crippen LogP contribution < -0.4 is 5.32 Å². The molecule has 1 N–H and O–H groups in total. The molecule has 0 aromatic rings. The van der Waals surface area contributed by atoms with Gasteiger partial charge in [-0.25, -0.2) is 0 Å². The zero-order valence-corrected chi connectivity index (χ0v) is 16.0. The fraction of sp³-hybridized carbons (Fsp3) is 0.909. The summed E-state index contributed by atoms with van der Waals surface area (Å²) in [5, 5.41) is 3.19. The molecule has 4 nitrogen and oxygen atoms in total. The zero-order valence-electron chi connectivity index (χ0n) is 16.0. The molecular weight excluding hydrogens is 324 g/mol. The molecule has 0 atom stereocenters. The van der Waals surface area contributed by atoms with Gasteiger partial charge in [0.1, 0.15) is 0 Å².